The van der Waals surface area contributed by atoms with Crippen molar-refractivity contribution in [2.45, 2.75) is 19.3 Å². The molecule has 0 unspecified atom stereocenters. The standard InChI is InChI=1S/C19H20N2O6/c1-13(14-6-4-3-5-7-14)10-19(23)27-12-18(22)20-16-11-15(21(24)25)8-9-17(16)26-2/h3-9,11,13H,10,12H2,1-2H3,(H,20,22)/t13-/m0/s1. The van der Waals surface area contributed by atoms with Gasteiger partial charge in [0.05, 0.1) is 24.1 Å². The normalized spacial score (nSPS) is 11.3. The maximum absolute atomic E-state index is 12.0. The summed E-state index contributed by atoms with van der Waals surface area (Å²) in [6.45, 7) is 1.40. The lowest BCUT2D eigenvalue weighted by atomic mass is 9.98. The molecule has 0 aliphatic carbocycles. The lowest BCUT2D eigenvalue weighted by Gasteiger charge is -2.12. The number of anilines is 1. The second-order valence-corrected chi connectivity index (χ2v) is 5.87. The van der Waals surface area contributed by atoms with Crippen LogP contribution in [-0.4, -0.2) is 30.5 Å². The van der Waals surface area contributed by atoms with Crippen molar-refractivity contribution in [3.8, 4) is 5.75 Å². The van der Waals surface area contributed by atoms with Gasteiger partial charge in [-0.05, 0) is 17.5 Å². The number of amides is 1. The fraction of sp³-hybridized carbons (Fsp3) is 0.263. The Bertz CT molecular complexity index is 822. The van der Waals surface area contributed by atoms with E-state index >= 15 is 0 Å². The molecular weight excluding hydrogens is 352 g/mol. The molecule has 1 atom stereocenters. The highest BCUT2D eigenvalue weighted by atomic mass is 16.6. The number of carbonyl (C=O) groups excluding carboxylic acids is 2. The molecule has 0 aliphatic heterocycles. The Kier molecular flexibility index (Phi) is 6.87. The van der Waals surface area contributed by atoms with Gasteiger partial charge in [0, 0.05) is 12.1 Å². The number of benzene rings is 2. The number of nitro groups is 1. The van der Waals surface area contributed by atoms with Crippen LogP contribution in [0, 0.1) is 10.1 Å². The minimum atomic E-state index is -0.616. The van der Waals surface area contributed by atoms with Crippen LogP contribution in [0.4, 0.5) is 11.4 Å². The summed E-state index contributed by atoms with van der Waals surface area (Å²) in [4.78, 5) is 34.2. The molecule has 0 saturated heterocycles. The molecule has 0 aliphatic rings. The molecule has 0 heterocycles. The lowest BCUT2D eigenvalue weighted by Crippen LogP contribution is -2.21. The average molecular weight is 372 g/mol. The Balaban J connectivity index is 1.89. The zero-order valence-corrected chi connectivity index (χ0v) is 15.0. The molecule has 1 N–H and O–H groups in total. The molecule has 8 nitrogen and oxygen atoms in total. The fourth-order valence-corrected chi connectivity index (χ4v) is 2.45. The van der Waals surface area contributed by atoms with Crippen LogP contribution < -0.4 is 10.1 Å². The predicted molar refractivity (Wildman–Crippen MR) is 98.7 cm³/mol. The number of rotatable bonds is 8. The highest BCUT2D eigenvalue weighted by Gasteiger charge is 2.16. The Labute approximate surface area is 156 Å². The monoisotopic (exact) mass is 372 g/mol. The van der Waals surface area contributed by atoms with E-state index in [9.17, 15) is 19.7 Å². The minimum absolute atomic E-state index is 0.0429. The number of non-ortho nitro benzene ring substituents is 1. The molecule has 2 aromatic carbocycles. The summed E-state index contributed by atoms with van der Waals surface area (Å²) in [6, 6.07) is 13.3. The first-order valence-corrected chi connectivity index (χ1v) is 8.23. The number of nitro benzene ring substituents is 1. The van der Waals surface area contributed by atoms with E-state index in [1.165, 1.54) is 25.3 Å². The number of hydrogen-bond donors (Lipinski definition) is 1. The highest BCUT2D eigenvalue weighted by molar-refractivity contribution is 5.94. The lowest BCUT2D eigenvalue weighted by molar-refractivity contribution is -0.384. The molecule has 0 saturated carbocycles. The molecule has 2 rings (SSSR count). The third-order valence-electron chi connectivity index (χ3n) is 3.87. The van der Waals surface area contributed by atoms with E-state index in [2.05, 4.69) is 5.32 Å². The summed E-state index contributed by atoms with van der Waals surface area (Å²) in [5.41, 5.74) is 0.936. The van der Waals surface area contributed by atoms with Crippen LogP contribution >= 0.6 is 0 Å². The maximum Gasteiger partial charge on any atom is 0.306 e. The van der Waals surface area contributed by atoms with Gasteiger partial charge < -0.3 is 14.8 Å². The molecule has 0 aromatic heterocycles. The summed E-state index contributed by atoms with van der Waals surface area (Å²) in [5.74, 6) is -0.904. The fourth-order valence-electron chi connectivity index (χ4n) is 2.45. The van der Waals surface area contributed by atoms with E-state index in [0.717, 1.165) is 5.56 Å². The van der Waals surface area contributed by atoms with Crippen LogP contribution in [0.1, 0.15) is 24.8 Å². The van der Waals surface area contributed by atoms with Gasteiger partial charge in [-0.15, -0.1) is 0 Å². The molecule has 0 spiro atoms. The van der Waals surface area contributed by atoms with E-state index in [1.54, 1.807) is 0 Å². The number of methoxy groups -OCH3 is 1. The topological polar surface area (TPSA) is 108 Å². The van der Waals surface area contributed by atoms with Gasteiger partial charge in [-0.1, -0.05) is 37.3 Å². The number of nitrogens with zero attached hydrogens (tertiary/aromatic N) is 1. The Morgan fingerprint density at radius 1 is 1.19 bits per heavy atom. The van der Waals surface area contributed by atoms with Gasteiger partial charge in [0.1, 0.15) is 5.75 Å². The molecule has 1 amide bonds. The Morgan fingerprint density at radius 2 is 1.89 bits per heavy atom. The third kappa shape index (κ3) is 5.81. The van der Waals surface area contributed by atoms with E-state index < -0.39 is 23.4 Å². The van der Waals surface area contributed by atoms with E-state index in [-0.39, 0.29) is 29.5 Å². The number of ether oxygens (including phenoxy) is 2. The summed E-state index contributed by atoms with van der Waals surface area (Å²) in [7, 11) is 1.38. The van der Waals surface area contributed by atoms with Gasteiger partial charge in [0.25, 0.3) is 11.6 Å². The zero-order valence-electron chi connectivity index (χ0n) is 15.0. The molecule has 142 valence electrons. The largest absolute Gasteiger partial charge is 0.495 e. The van der Waals surface area contributed by atoms with Crippen LogP contribution in [0.15, 0.2) is 48.5 Å². The first-order valence-electron chi connectivity index (χ1n) is 8.23. The highest BCUT2D eigenvalue weighted by Crippen LogP contribution is 2.28. The maximum atomic E-state index is 12.0. The van der Waals surface area contributed by atoms with Crippen LogP contribution in [-0.2, 0) is 14.3 Å². The van der Waals surface area contributed by atoms with E-state index in [0.29, 0.717) is 0 Å². The molecule has 27 heavy (non-hydrogen) atoms. The van der Waals surface area contributed by atoms with Crippen LogP contribution in [0.5, 0.6) is 5.75 Å². The van der Waals surface area contributed by atoms with Gasteiger partial charge in [-0.25, -0.2) is 0 Å². The zero-order chi connectivity index (χ0) is 19.8. The van der Waals surface area contributed by atoms with Crippen molar-refractivity contribution in [2.24, 2.45) is 0 Å². The second-order valence-electron chi connectivity index (χ2n) is 5.87. The third-order valence-corrected chi connectivity index (χ3v) is 3.87. The van der Waals surface area contributed by atoms with Gasteiger partial charge in [-0.3, -0.25) is 19.7 Å². The number of esters is 1. The van der Waals surface area contributed by atoms with Gasteiger partial charge in [0.15, 0.2) is 6.61 Å². The first-order chi connectivity index (χ1) is 12.9. The van der Waals surface area contributed by atoms with Crippen molar-refractivity contribution in [1.29, 1.82) is 0 Å². The predicted octanol–water partition coefficient (Wildman–Crippen LogP) is 3.28. The van der Waals surface area contributed by atoms with Crippen molar-refractivity contribution in [1.82, 2.24) is 0 Å². The van der Waals surface area contributed by atoms with Crippen molar-refractivity contribution < 1.29 is 24.0 Å². The summed E-state index contributed by atoms with van der Waals surface area (Å²) < 4.78 is 10.1. The summed E-state index contributed by atoms with van der Waals surface area (Å²) >= 11 is 0. The summed E-state index contributed by atoms with van der Waals surface area (Å²) in [5, 5.41) is 13.3. The second kappa shape index (κ2) is 9.33. The Hall–Kier alpha value is -3.42. The van der Waals surface area contributed by atoms with Crippen molar-refractivity contribution in [2.75, 3.05) is 19.0 Å². The smallest absolute Gasteiger partial charge is 0.306 e. The van der Waals surface area contributed by atoms with Crippen LogP contribution in [0.2, 0.25) is 0 Å². The quantitative estimate of drug-likeness (QED) is 0.433. The summed E-state index contributed by atoms with van der Waals surface area (Å²) in [6.07, 6.45) is 0.136. The van der Waals surface area contributed by atoms with Crippen molar-refractivity contribution >= 4 is 23.3 Å². The van der Waals surface area contributed by atoms with E-state index in [1.807, 2.05) is 37.3 Å². The average Bonchev–Trinajstić information content (AvgIpc) is 2.67. The van der Waals surface area contributed by atoms with Gasteiger partial charge in [0.2, 0.25) is 0 Å². The SMILES string of the molecule is COc1ccc([N+](=O)[O-])cc1NC(=O)COC(=O)C[C@H](C)c1ccccc1. The van der Waals surface area contributed by atoms with Gasteiger partial charge >= 0.3 is 5.97 Å². The van der Waals surface area contributed by atoms with Crippen molar-refractivity contribution in [3.63, 3.8) is 0 Å². The molecule has 0 radical (unpaired) electrons. The van der Waals surface area contributed by atoms with Crippen LogP contribution in [0.25, 0.3) is 0 Å². The van der Waals surface area contributed by atoms with Crippen molar-refractivity contribution in [3.05, 3.63) is 64.2 Å². The number of hydrogen-bond acceptors (Lipinski definition) is 6. The molecule has 0 bridgehead atoms. The first kappa shape index (κ1) is 19.9. The molecular formula is C19H20N2O6. The molecule has 0 fully saturated rings. The molecule has 2 aromatic rings. The number of carbonyl (C=O) groups is 2. The Morgan fingerprint density at radius 3 is 2.52 bits per heavy atom. The van der Waals surface area contributed by atoms with Gasteiger partial charge in [-0.2, -0.15) is 0 Å². The van der Waals surface area contributed by atoms with Crippen LogP contribution in [0.3, 0.4) is 0 Å². The minimum Gasteiger partial charge on any atom is -0.495 e. The number of nitrogens with one attached hydrogen (secondary N) is 1. The van der Waals surface area contributed by atoms with E-state index in [4.69, 9.17) is 9.47 Å². The molecule has 8 heteroatoms.